The first kappa shape index (κ1) is 11.4. The smallest absolute Gasteiger partial charge is 0.167 e. The number of hydrogen-bond donors (Lipinski definition) is 1. The van der Waals surface area contributed by atoms with Crippen LogP contribution in [0, 0.1) is 10.6 Å². The van der Waals surface area contributed by atoms with Gasteiger partial charge in [-0.2, -0.15) is 5.10 Å². The second-order valence-corrected chi connectivity index (χ2v) is 4.98. The van der Waals surface area contributed by atoms with E-state index in [9.17, 15) is 0 Å². The second kappa shape index (κ2) is 4.20. The van der Waals surface area contributed by atoms with E-state index in [0.29, 0.717) is 5.69 Å². The third-order valence-electron chi connectivity index (χ3n) is 2.73. The Labute approximate surface area is 117 Å². The normalized spacial score (nSPS) is 11.0. The molecule has 3 aromatic rings. The number of aromatic nitrogens is 4. The van der Waals surface area contributed by atoms with Crippen LogP contribution < -0.4 is 5.73 Å². The Bertz CT molecular complexity index is 734. The molecule has 0 aliphatic carbocycles. The van der Waals surface area contributed by atoms with Gasteiger partial charge in [0.05, 0.1) is 16.8 Å². The lowest BCUT2D eigenvalue weighted by Gasteiger charge is -2.03. The van der Waals surface area contributed by atoms with Crippen molar-refractivity contribution in [1.82, 2.24) is 19.7 Å². The molecule has 0 aliphatic heterocycles. The highest BCUT2D eigenvalue weighted by Gasteiger charge is 2.13. The molecule has 0 saturated heterocycles. The zero-order chi connectivity index (χ0) is 12.7. The van der Waals surface area contributed by atoms with Crippen molar-refractivity contribution in [2.45, 2.75) is 6.92 Å². The third kappa shape index (κ3) is 1.72. The number of aryl methyl sites for hydroxylation is 1. The number of fused-ring (bicyclic) bond motifs is 1. The molecule has 5 nitrogen and oxygen atoms in total. The van der Waals surface area contributed by atoms with Crippen LogP contribution >= 0.6 is 22.6 Å². The second-order valence-electron chi connectivity index (χ2n) is 3.96. The van der Waals surface area contributed by atoms with Gasteiger partial charge in [0.25, 0.3) is 0 Å². The molecule has 0 amide bonds. The number of nitrogens with two attached hydrogens (primary N) is 1. The van der Waals surface area contributed by atoms with E-state index in [2.05, 4.69) is 37.7 Å². The van der Waals surface area contributed by atoms with Crippen LogP contribution in [-0.4, -0.2) is 19.7 Å². The van der Waals surface area contributed by atoms with Crippen LogP contribution in [0.1, 0.15) is 5.69 Å². The van der Waals surface area contributed by atoms with Gasteiger partial charge in [0.15, 0.2) is 5.65 Å². The molecule has 6 heteroatoms. The van der Waals surface area contributed by atoms with Crippen molar-refractivity contribution in [1.29, 1.82) is 0 Å². The van der Waals surface area contributed by atoms with Gasteiger partial charge in [0.1, 0.15) is 10.0 Å². The topological polar surface area (TPSA) is 69.6 Å². The average Bonchev–Trinajstić information content (AvgIpc) is 2.68. The Balaban J connectivity index is 2.34. The van der Waals surface area contributed by atoms with Gasteiger partial charge in [0.2, 0.25) is 0 Å². The maximum atomic E-state index is 5.80. The molecule has 3 rings (SSSR count). The van der Waals surface area contributed by atoms with E-state index in [1.165, 1.54) is 0 Å². The zero-order valence-electron chi connectivity index (χ0n) is 9.63. The van der Waals surface area contributed by atoms with Gasteiger partial charge in [-0.1, -0.05) is 6.07 Å². The van der Waals surface area contributed by atoms with Crippen molar-refractivity contribution in [2.75, 3.05) is 5.73 Å². The van der Waals surface area contributed by atoms with Gasteiger partial charge >= 0.3 is 0 Å². The Morgan fingerprint density at radius 3 is 2.89 bits per heavy atom. The van der Waals surface area contributed by atoms with Gasteiger partial charge in [-0.15, -0.1) is 0 Å². The van der Waals surface area contributed by atoms with E-state index in [-0.39, 0.29) is 0 Å². The summed E-state index contributed by atoms with van der Waals surface area (Å²) in [5, 5.41) is 5.49. The maximum absolute atomic E-state index is 5.80. The van der Waals surface area contributed by atoms with Gasteiger partial charge in [-0.25, -0.2) is 14.6 Å². The first-order valence-electron chi connectivity index (χ1n) is 5.38. The highest BCUT2D eigenvalue weighted by molar-refractivity contribution is 14.1. The van der Waals surface area contributed by atoms with E-state index >= 15 is 0 Å². The molecule has 2 heterocycles. The Morgan fingerprint density at radius 1 is 1.28 bits per heavy atom. The minimum Gasteiger partial charge on any atom is -0.399 e. The minimum absolute atomic E-state index is 0.705. The van der Waals surface area contributed by atoms with Crippen molar-refractivity contribution in [2.24, 2.45) is 0 Å². The predicted molar refractivity (Wildman–Crippen MR) is 78.5 cm³/mol. The maximum Gasteiger partial charge on any atom is 0.167 e. The number of nitrogen functional groups attached to an aromatic ring is 1. The molecule has 0 bridgehead atoms. The third-order valence-corrected chi connectivity index (χ3v) is 3.48. The quantitative estimate of drug-likeness (QED) is 0.540. The molecule has 0 unspecified atom stereocenters. The Hall–Kier alpha value is -1.70. The highest BCUT2D eigenvalue weighted by Crippen LogP contribution is 2.23. The van der Waals surface area contributed by atoms with Crippen molar-refractivity contribution in [3.63, 3.8) is 0 Å². The molecular weight excluding hydrogens is 341 g/mol. The summed E-state index contributed by atoms with van der Waals surface area (Å²) in [6.45, 7) is 1.96. The number of benzene rings is 1. The molecule has 0 fully saturated rings. The summed E-state index contributed by atoms with van der Waals surface area (Å²) in [4.78, 5) is 8.51. The molecule has 1 aromatic carbocycles. The van der Waals surface area contributed by atoms with Gasteiger partial charge in [-0.3, -0.25) is 0 Å². The number of nitrogens with zero attached hydrogens (tertiary/aromatic N) is 4. The predicted octanol–water partition coefficient (Wildman–Crippen LogP) is 2.31. The lowest BCUT2D eigenvalue weighted by molar-refractivity contribution is 0.883. The molecule has 0 radical (unpaired) electrons. The number of halogens is 1. The van der Waals surface area contributed by atoms with Gasteiger partial charge in [-0.05, 0) is 47.7 Å². The van der Waals surface area contributed by atoms with Crippen LogP contribution in [0.4, 0.5) is 5.69 Å². The fourth-order valence-electron chi connectivity index (χ4n) is 1.88. The molecule has 18 heavy (non-hydrogen) atoms. The van der Waals surface area contributed by atoms with Crippen LogP contribution in [0.25, 0.3) is 16.7 Å². The van der Waals surface area contributed by atoms with E-state index in [1.54, 1.807) is 11.0 Å². The lowest BCUT2D eigenvalue weighted by atomic mass is 10.3. The number of rotatable bonds is 1. The zero-order valence-corrected chi connectivity index (χ0v) is 11.8. The van der Waals surface area contributed by atoms with Crippen LogP contribution in [0.5, 0.6) is 0 Å². The fourth-order valence-corrected chi connectivity index (χ4v) is 2.73. The van der Waals surface area contributed by atoms with E-state index in [1.807, 2.05) is 31.2 Å². The van der Waals surface area contributed by atoms with Crippen molar-refractivity contribution in [3.05, 3.63) is 40.0 Å². The first-order valence-corrected chi connectivity index (χ1v) is 6.46. The summed E-state index contributed by atoms with van der Waals surface area (Å²) >= 11 is 2.20. The summed E-state index contributed by atoms with van der Waals surface area (Å²) in [5.41, 5.74) is 9.14. The highest BCUT2D eigenvalue weighted by atomic mass is 127. The van der Waals surface area contributed by atoms with Gasteiger partial charge < -0.3 is 5.73 Å². The van der Waals surface area contributed by atoms with Crippen molar-refractivity contribution in [3.8, 4) is 5.69 Å². The molecule has 2 N–H and O–H groups in total. The summed E-state index contributed by atoms with van der Waals surface area (Å²) in [7, 11) is 0. The van der Waals surface area contributed by atoms with Crippen LogP contribution in [-0.2, 0) is 0 Å². The summed E-state index contributed by atoms with van der Waals surface area (Å²) in [6.07, 6.45) is 1.55. The average molecular weight is 351 g/mol. The molecule has 0 aliphatic rings. The fraction of sp³-hybridized carbons (Fsp3) is 0.0833. The summed E-state index contributed by atoms with van der Waals surface area (Å²) < 4.78 is 2.69. The van der Waals surface area contributed by atoms with E-state index < -0.39 is 0 Å². The molecule has 0 atom stereocenters. The Kier molecular flexibility index (Phi) is 2.66. The van der Waals surface area contributed by atoms with E-state index in [0.717, 1.165) is 26.1 Å². The van der Waals surface area contributed by atoms with Crippen molar-refractivity contribution < 1.29 is 0 Å². The SMILES string of the molecule is Cc1ncnc2c1c(I)nn2-c1cccc(N)c1. The van der Waals surface area contributed by atoms with Gasteiger partial charge in [0, 0.05) is 5.69 Å². The molecular formula is C12H10IN5. The molecule has 90 valence electrons. The molecule has 2 aromatic heterocycles. The minimum atomic E-state index is 0.705. The molecule has 0 saturated carbocycles. The number of hydrogen-bond acceptors (Lipinski definition) is 4. The van der Waals surface area contributed by atoms with Crippen LogP contribution in [0.3, 0.4) is 0 Å². The largest absolute Gasteiger partial charge is 0.399 e. The van der Waals surface area contributed by atoms with Crippen molar-refractivity contribution >= 4 is 39.3 Å². The monoisotopic (exact) mass is 351 g/mol. The molecule has 0 spiro atoms. The van der Waals surface area contributed by atoms with Crippen LogP contribution in [0.2, 0.25) is 0 Å². The first-order chi connectivity index (χ1) is 8.66. The standard InChI is InChI=1S/C12H10IN5/c1-7-10-11(13)17-18(12(10)16-6-15-7)9-4-2-3-8(14)5-9/h2-6H,14H2,1H3. The lowest BCUT2D eigenvalue weighted by Crippen LogP contribution is -1.99. The summed E-state index contributed by atoms with van der Waals surface area (Å²) in [5.74, 6) is 0. The van der Waals surface area contributed by atoms with Crippen LogP contribution in [0.15, 0.2) is 30.6 Å². The van der Waals surface area contributed by atoms with E-state index in [4.69, 9.17) is 5.73 Å². The summed E-state index contributed by atoms with van der Waals surface area (Å²) in [6, 6.07) is 7.58. The number of anilines is 1. The Morgan fingerprint density at radius 2 is 2.11 bits per heavy atom.